The summed E-state index contributed by atoms with van der Waals surface area (Å²) in [4.78, 5) is 0. The maximum atomic E-state index is 6.25. The number of rotatable bonds is 0. The van der Waals surface area contributed by atoms with Gasteiger partial charge in [-0.2, -0.15) is 0 Å². The monoisotopic (exact) mass is 292 g/mol. The van der Waals surface area contributed by atoms with Crippen molar-refractivity contribution in [3.8, 4) is 0 Å². The average molecular weight is 292 g/mol. The summed E-state index contributed by atoms with van der Waals surface area (Å²) in [5, 5.41) is 37.5. The molecule has 6 nitrogen and oxygen atoms in total. The molecule has 64 valence electrons. The van der Waals surface area contributed by atoms with E-state index in [0.29, 0.717) is 0 Å². The molecule has 0 aromatic rings. The molecule has 0 aliphatic carbocycles. The molecule has 0 unspecified atom stereocenters. The minimum Gasteiger partial charge on any atom is -0.512 e. The third-order valence-electron chi connectivity index (χ3n) is 0. The van der Waals surface area contributed by atoms with Crippen LogP contribution in [0.2, 0.25) is 0 Å². The van der Waals surface area contributed by atoms with Crippen molar-refractivity contribution in [3.05, 3.63) is 39.4 Å². The molecule has 0 bridgehead atoms. The Morgan fingerprint density at radius 1 is 0.333 bits per heavy atom. The van der Waals surface area contributed by atoms with E-state index in [9.17, 15) is 0 Å². The maximum absolute atomic E-state index is 6.25. The number of hydrogen-bond donors (Lipinski definition) is 0. The van der Waals surface area contributed by atoms with Crippen molar-refractivity contribution in [2.45, 2.75) is 0 Å². The van der Waals surface area contributed by atoms with Gasteiger partial charge in [-0.15, -0.1) is 0 Å². The Kier molecular flexibility index (Phi) is 29000000. The van der Waals surface area contributed by atoms with Crippen LogP contribution in [0, 0.1) is 71.0 Å². The Morgan fingerprint density at radius 3 is 0.333 bits per heavy atom. The Bertz CT molecular complexity index is 101. The van der Waals surface area contributed by atoms with Crippen molar-refractivity contribution in [1.82, 2.24) is 0 Å². The molecule has 0 radical (unpaired) electrons. The molecule has 0 amide bonds. The Morgan fingerprint density at radius 2 is 0.333 bits per heavy atom. The van der Waals surface area contributed by atoms with Gasteiger partial charge in [0.2, 0.25) is 0 Å². The summed E-state index contributed by atoms with van der Waals surface area (Å²) < 4.78 is 0. The first-order valence-corrected chi connectivity index (χ1v) is 1.34. The minimum atomic E-state index is 0. The van der Waals surface area contributed by atoms with Gasteiger partial charge < -0.3 is 71.0 Å². The fourth-order valence-electron chi connectivity index (χ4n) is 0. The number of nitrogens with zero attached hydrogens (tertiary/aromatic N) is 6. The summed E-state index contributed by atoms with van der Waals surface area (Å²) in [6.07, 6.45) is 0. The van der Waals surface area contributed by atoms with Crippen molar-refractivity contribution in [2.24, 2.45) is 0 Å². The zero-order valence-electron chi connectivity index (χ0n) is 7.45. The predicted octanol–water partition coefficient (Wildman–Crippen LogP) is -0.186. The van der Waals surface area contributed by atoms with E-state index in [1.807, 2.05) is 0 Å². The van der Waals surface area contributed by atoms with Gasteiger partial charge in [-0.05, 0) is 0 Å². The Labute approximate surface area is 161 Å². The van der Waals surface area contributed by atoms with E-state index in [-0.39, 0.29) is 92.5 Å². The van der Waals surface area contributed by atoms with Crippen LogP contribution in [0.1, 0.15) is 0 Å². The van der Waals surface area contributed by atoms with E-state index >= 15 is 0 Å². The molecule has 0 N–H and O–H groups in total. The molecule has 0 aromatic heterocycles. The van der Waals surface area contributed by atoms with Gasteiger partial charge in [-0.25, -0.2) is 0 Å². The molecular formula is C6Ca2FeN6+2. The first-order valence-electron chi connectivity index (χ1n) is 1.34. The summed E-state index contributed by atoms with van der Waals surface area (Å²) in [5.74, 6) is 0. The molecular weight excluding hydrogens is 292 g/mol. The first-order chi connectivity index (χ1) is 6.00. The van der Waals surface area contributed by atoms with Crippen LogP contribution in [0.15, 0.2) is 0 Å². The van der Waals surface area contributed by atoms with Gasteiger partial charge in [0, 0.05) is 0 Å². The molecule has 0 aromatic carbocycles. The van der Waals surface area contributed by atoms with Crippen LogP contribution in [0.4, 0.5) is 0 Å². The van der Waals surface area contributed by atoms with Crippen LogP contribution in [0.25, 0.3) is 0 Å². The summed E-state index contributed by atoms with van der Waals surface area (Å²) in [5.41, 5.74) is 0. The standard InChI is InChI=1S/6CN.2Ca.Fe/c6*1-2;;;/q6*-1;2*+2;+4. The van der Waals surface area contributed by atoms with Crippen LogP contribution < -0.4 is 0 Å². The van der Waals surface area contributed by atoms with Crippen molar-refractivity contribution in [1.29, 1.82) is 31.6 Å². The summed E-state index contributed by atoms with van der Waals surface area (Å²) in [6.45, 7) is 28.5. The fraction of sp³-hybridized carbons (Fsp3) is 0. The van der Waals surface area contributed by atoms with Crippen LogP contribution in [-0.2, 0) is 17.1 Å². The molecule has 9 heteroatoms. The molecule has 0 spiro atoms. The van der Waals surface area contributed by atoms with Crippen LogP contribution in [0.5, 0.6) is 0 Å². The van der Waals surface area contributed by atoms with E-state index in [2.05, 4.69) is 0 Å². The second-order valence-electron chi connectivity index (χ2n) is 0. The quantitative estimate of drug-likeness (QED) is 0.447. The van der Waals surface area contributed by atoms with E-state index < -0.39 is 0 Å². The molecule has 0 rings (SSSR count). The third kappa shape index (κ3) is 4530000. The molecule has 0 saturated carbocycles. The predicted molar refractivity (Wildman–Crippen MR) is 41.3 cm³/mol. The minimum absolute atomic E-state index is 0. The zero-order chi connectivity index (χ0) is 12.0. The van der Waals surface area contributed by atoms with Crippen LogP contribution in [-0.4, -0.2) is 75.5 Å². The number of hydrogen-bond acceptors (Lipinski definition) is 6. The smallest absolute Gasteiger partial charge is 0.512 e. The molecule has 0 atom stereocenters. The summed E-state index contributed by atoms with van der Waals surface area (Å²) >= 11 is 0. The molecule has 0 heterocycles. The summed E-state index contributed by atoms with van der Waals surface area (Å²) in [6, 6.07) is 0. The largest absolute Gasteiger partial charge is 4.00 e. The van der Waals surface area contributed by atoms with Gasteiger partial charge in [-0.1, -0.05) is 0 Å². The Hall–Kier alpha value is -0.0210. The van der Waals surface area contributed by atoms with Crippen LogP contribution in [0.3, 0.4) is 0 Å². The molecule has 0 aliphatic heterocycles. The van der Waals surface area contributed by atoms with Crippen molar-refractivity contribution < 1.29 is 17.1 Å². The van der Waals surface area contributed by atoms with Gasteiger partial charge in [0.15, 0.2) is 0 Å². The molecule has 0 fully saturated rings. The van der Waals surface area contributed by atoms with Crippen molar-refractivity contribution in [3.63, 3.8) is 0 Å². The van der Waals surface area contributed by atoms with Gasteiger partial charge in [0.25, 0.3) is 0 Å². The summed E-state index contributed by atoms with van der Waals surface area (Å²) in [7, 11) is 0. The van der Waals surface area contributed by atoms with E-state index in [1.165, 1.54) is 0 Å². The molecule has 0 saturated heterocycles. The van der Waals surface area contributed by atoms with Gasteiger partial charge in [0.1, 0.15) is 0 Å². The third-order valence-corrected chi connectivity index (χ3v) is 0. The maximum Gasteiger partial charge on any atom is 4.00 e. The van der Waals surface area contributed by atoms with Gasteiger partial charge in [0.05, 0.1) is 0 Å². The SMILES string of the molecule is [C-]#N.[C-]#N.[C-]#N.[C-]#N.[C-]#N.[C-]#N.[Ca+2].[Ca+2].[Fe+4]. The van der Waals surface area contributed by atoms with E-state index in [0.717, 1.165) is 0 Å². The van der Waals surface area contributed by atoms with E-state index in [1.54, 1.807) is 0 Å². The van der Waals surface area contributed by atoms with Gasteiger partial charge in [-0.3, -0.25) is 0 Å². The normalized spacial score (nSPS) is 0.800. The fourth-order valence-corrected chi connectivity index (χ4v) is 0. The average Bonchev–Trinajstić information content (AvgIpc) is 2.33. The first kappa shape index (κ1) is 81.9. The van der Waals surface area contributed by atoms with Crippen LogP contribution >= 0.6 is 0 Å². The second-order valence-corrected chi connectivity index (χ2v) is 0. The van der Waals surface area contributed by atoms with Crippen molar-refractivity contribution >= 4 is 75.5 Å². The zero-order valence-corrected chi connectivity index (χ0v) is 13.0. The Balaban J connectivity index is -0.00000000396. The second kappa shape index (κ2) is 5320000. The molecule has 15 heavy (non-hydrogen) atoms. The molecule has 0 aliphatic rings. The van der Waals surface area contributed by atoms with E-state index in [4.69, 9.17) is 71.0 Å². The van der Waals surface area contributed by atoms with Gasteiger partial charge >= 0.3 is 92.5 Å². The van der Waals surface area contributed by atoms with Crippen molar-refractivity contribution in [2.75, 3.05) is 0 Å². The topological polar surface area (TPSA) is 143 Å².